The molecule has 7 heteroatoms. The standard InChI is InChI=1S/C14H20N6O/c1-20(8-5-11-3-6-16-7-4-11)14-9-12(19-15)17-13(18-14)10-21-2/h3-4,6-7,9H,5,8,10,15H2,1-2H3,(H,17,18,19). The van der Waals surface area contributed by atoms with Gasteiger partial charge in [-0.05, 0) is 24.1 Å². The van der Waals surface area contributed by atoms with E-state index in [1.807, 2.05) is 25.2 Å². The molecule has 0 aliphatic rings. The van der Waals surface area contributed by atoms with Crippen LogP contribution in [-0.4, -0.2) is 35.7 Å². The van der Waals surface area contributed by atoms with Crippen LogP contribution >= 0.6 is 0 Å². The summed E-state index contributed by atoms with van der Waals surface area (Å²) in [5.41, 5.74) is 3.79. The lowest BCUT2D eigenvalue weighted by Crippen LogP contribution is -2.23. The second-order valence-corrected chi connectivity index (χ2v) is 4.63. The summed E-state index contributed by atoms with van der Waals surface area (Å²) in [4.78, 5) is 14.8. The van der Waals surface area contributed by atoms with E-state index >= 15 is 0 Å². The van der Waals surface area contributed by atoms with Crippen molar-refractivity contribution < 1.29 is 4.74 Å². The molecule has 0 radical (unpaired) electrons. The van der Waals surface area contributed by atoms with Crippen LogP contribution in [0.2, 0.25) is 0 Å². The first-order chi connectivity index (χ1) is 10.2. The number of nitrogens with zero attached hydrogens (tertiary/aromatic N) is 4. The van der Waals surface area contributed by atoms with Gasteiger partial charge in [0, 0.05) is 39.2 Å². The van der Waals surface area contributed by atoms with Crippen molar-refractivity contribution in [2.24, 2.45) is 5.84 Å². The van der Waals surface area contributed by atoms with E-state index in [4.69, 9.17) is 10.6 Å². The average molecular weight is 288 g/mol. The van der Waals surface area contributed by atoms with E-state index in [-0.39, 0.29) is 0 Å². The van der Waals surface area contributed by atoms with Crippen LogP contribution in [0.4, 0.5) is 11.6 Å². The monoisotopic (exact) mass is 288 g/mol. The number of nitrogen functional groups attached to an aromatic ring is 1. The first-order valence-corrected chi connectivity index (χ1v) is 6.66. The van der Waals surface area contributed by atoms with Gasteiger partial charge in [0.2, 0.25) is 0 Å². The molecule has 0 fully saturated rings. The Bertz CT molecular complexity index is 563. The highest BCUT2D eigenvalue weighted by atomic mass is 16.5. The normalized spacial score (nSPS) is 10.4. The first kappa shape index (κ1) is 15.1. The third-order valence-electron chi connectivity index (χ3n) is 3.06. The molecule has 112 valence electrons. The van der Waals surface area contributed by atoms with Crippen LogP contribution < -0.4 is 16.2 Å². The molecule has 2 heterocycles. The Kier molecular flexibility index (Phi) is 5.42. The lowest BCUT2D eigenvalue weighted by Gasteiger charge is -2.19. The SMILES string of the molecule is COCc1nc(NN)cc(N(C)CCc2ccncc2)n1. The predicted octanol–water partition coefficient (Wildman–Crippen LogP) is 0.982. The zero-order chi connectivity index (χ0) is 15.1. The van der Waals surface area contributed by atoms with Crippen molar-refractivity contribution in [1.82, 2.24) is 15.0 Å². The van der Waals surface area contributed by atoms with Crippen LogP contribution in [-0.2, 0) is 17.8 Å². The number of nitrogens with one attached hydrogen (secondary N) is 1. The number of methoxy groups -OCH3 is 1. The molecule has 7 nitrogen and oxygen atoms in total. The predicted molar refractivity (Wildman–Crippen MR) is 81.8 cm³/mol. The summed E-state index contributed by atoms with van der Waals surface area (Å²) in [6, 6.07) is 5.83. The van der Waals surface area contributed by atoms with Crippen molar-refractivity contribution in [1.29, 1.82) is 0 Å². The molecule has 0 bridgehead atoms. The maximum Gasteiger partial charge on any atom is 0.158 e. The lowest BCUT2D eigenvalue weighted by molar-refractivity contribution is 0.178. The Morgan fingerprint density at radius 1 is 1.29 bits per heavy atom. The molecule has 0 aliphatic carbocycles. The first-order valence-electron chi connectivity index (χ1n) is 6.66. The zero-order valence-corrected chi connectivity index (χ0v) is 12.3. The van der Waals surface area contributed by atoms with Gasteiger partial charge in [-0.25, -0.2) is 15.8 Å². The van der Waals surface area contributed by atoms with Crippen molar-refractivity contribution in [3.8, 4) is 0 Å². The van der Waals surface area contributed by atoms with Gasteiger partial charge in [0.25, 0.3) is 0 Å². The van der Waals surface area contributed by atoms with Gasteiger partial charge in [-0.3, -0.25) is 4.98 Å². The highest BCUT2D eigenvalue weighted by Gasteiger charge is 2.08. The molecule has 0 amide bonds. The molecule has 0 spiro atoms. The summed E-state index contributed by atoms with van der Waals surface area (Å²) < 4.78 is 5.07. The molecule has 3 N–H and O–H groups in total. The fourth-order valence-corrected chi connectivity index (χ4v) is 1.91. The van der Waals surface area contributed by atoms with Crippen molar-refractivity contribution in [3.63, 3.8) is 0 Å². The molecule has 2 rings (SSSR count). The molecule has 0 aromatic carbocycles. The number of likely N-dealkylation sites (N-methyl/N-ethyl adjacent to an activating group) is 1. The smallest absolute Gasteiger partial charge is 0.158 e. The number of nitrogens with two attached hydrogens (primary N) is 1. The Balaban J connectivity index is 2.07. The third kappa shape index (κ3) is 4.37. The van der Waals surface area contributed by atoms with E-state index in [1.54, 1.807) is 19.5 Å². The van der Waals surface area contributed by atoms with E-state index < -0.39 is 0 Å². The van der Waals surface area contributed by atoms with Crippen LogP contribution in [0.25, 0.3) is 0 Å². The van der Waals surface area contributed by atoms with Crippen LogP contribution in [0.15, 0.2) is 30.6 Å². The second-order valence-electron chi connectivity index (χ2n) is 4.63. The maximum atomic E-state index is 5.44. The summed E-state index contributed by atoms with van der Waals surface area (Å²) in [6.07, 6.45) is 4.51. The fraction of sp³-hybridized carbons (Fsp3) is 0.357. The van der Waals surface area contributed by atoms with Gasteiger partial charge in [0.1, 0.15) is 18.2 Å². The number of rotatable bonds is 7. The van der Waals surface area contributed by atoms with Crippen LogP contribution in [0.1, 0.15) is 11.4 Å². The molecular weight excluding hydrogens is 268 g/mol. The number of hydrogen-bond donors (Lipinski definition) is 2. The summed E-state index contributed by atoms with van der Waals surface area (Å²) in [6.45, 7) is 1.18. The minimum Gasteiger partial charge on any atom is -0.377 e. The number of ether oxygens (including phenoxy) is 1. The lowest BCUT2D eigenvalue weighted by atomic mass is 10.2. The average Bonchev–Trinajstić information content (AvgIpc) is 2.53. The second kappa shape index (κ2) is 7.51. The van der Waals surface area contributed by atoms with E-state index in [0.717, 1.165) is 18.8 Å². The minimum atomic E-state index is 0.348. The van der Waals surface area contributed by atoms with Gasteiger partial charge < -0.3 is 15.1 Å². The summed E-state index contributed by atoms with van der Waals surface area (Å²) in [5.74, 6) is 7.42. The third-order valence-corrected chi connectivity index (χ3v) is 3.06. The molecule has 2 aromatic heterocycles. The molecule has 2 aromatic rings. The van der Waals surface area contributed by atoms with Crippen molar-refractivity contribution in [2.45, 2.75) is 13.0 Å². The summed E-state index contributed by atoms with van der Waals surface area (Å²) in [7, 11) is 3.60. The van der Waals surface area contributed by atoms with E-state index in [1.165, 1.54) is 5.56 Å². The molecule has 0 atom stereocenters. The van der Waals surface area contributed by atoms with Crippen molar-refractivity contribution in [3.05, 3.63) is 42.0 Å². The minimum absolute atomic E-state index is 0.348. The maximum absolute atomic E-state index is 5.44. The molecule has 0 aliphatic heterocycles. The number of aromatic nitrogens is 3. The molecule has 0 saturated carbocycles. The number of anilines is 2. The quantitative estimate of drug-likeness (QED) is 0.580. The topological polar surface area (TPSA) is 89.2 Å². The molecule has 21 heavy (non-hydrogen) atoms. The van der Waals surface area contributed by atoms with E-state index in [9.17, 15) is 0 Å². The fourth-order valence-electron chi connectivity index (χ4n) is 1.91. The van der Waals surface area contributed by atoms with Gasteiger partial charge in [-0.2, -0.15) is 0 Å². The van der Waals surface area contributed by atoms with Crippen molar-refractivity contribution in [2.75, 3.05) is 31.0 Å². The highest BCUT2D eigenvalue weighted by molar-refractivity contribution is 5.48. The van der Waals surface area contributed by atoms with Gasteiger partial charge in [0.05, 0.1) is 0 Å². The number of pyridine rings is 1. The van der Waals surface area contributed by atoms with Gasteiger partial charge >= 0.3 is 0 Å². The largest absolute Gasteiger partial charge is 0.377 e. The van der Waals surface area contributed by atoms with E-state index in [2.05, 4.69) is 25.3 Å². The highest BCUT2D eigenvalue weighted by Crippen LogP contribution is 2.15. The van der Waals surface area contributed by atoms with Crippen LogP contribution in [0.3, 0.4) is 0 Å². The van der Waals surface area contributed by atoms with E-state index in [0.29, 0.717) is 18.2 Å². The Hall–Kier alpha value is -2.25. The van der Waals surface area contributed by atoms with Crippen LogP contribution in [0, 0.1) is 0 Å². The Morgan fingerprint density at radius 2 is 2.05 bits per heavy atom. The van der Waals surface area contributed by atoms with Crippen molar-refractivity contribution >= 4 is 11.6 Å². The van der Waals surface area contributed by atoms with Crippen LogP contribution in [0.5, 0.6) is 0 Å². The van der Waals surface area contributed by atoms with Gasteiger partial charge in [-0.15, -0.1) is 0 Å². The summed E-state index contributed by atoms with van der Waals surface area (Å²) in [5, 5.41) is 0. The molecule has 0 unspecified atom stereocenters. The Labute approximate surface area is 124 Å². The molecule has 0 saturated heterocycles. The number of hydrogen-bond acceptors (Lipinski definition) is 7. The summed E-state index contributed by atoms with van der Waals surface area (Å²) >= 11 is 0. The Morgan fingerprint density at radius 3 is 2.71 bits per heavy atom. The number of hydrazine groups is 1. The van der Waals surface area contributed by atoms with Gasteiger partial charge in [-0.1, -0.05) is 0 Å². The van der Waals surface area contributed by atoms with Gasteiger partial charge in [0.15, 0.2) is 5.82 Å². The molecular formula is C14H20N6O. The zero-order valence-electron chi connectivity index (χ0n) is 12.3.